The lowest BCUT2D eigenvalue weighted by Crippen LogP contribution is -2.07. The molecular formula is C3H11AlOSi. The first-order valence-corrected chi connectivity index (χ1v) is 5.60. The van der Waals surface area contributed by atoms with Gasteiger partial charge in [-0.3, -0.25) is 0 Å². The molecule has 0 unspecified atom stereocenters. The third-order valence-electron chi connectivity index (χ3n) is 0.977. The molecule has 0 N–H and O–H groups in total. The van der Waals surface area contributed by atoms with E-state index >= 15 is 0 Å². The van der Waals surface area contributed by atoms with Crippen LogP contribution in [-0.2, 0) is 3.48 Å². The summed E-state index contributed by atoms with van der Waals surface area (Å²) in [6, 6.07) is 0. The van der Waals surface area contributed by atoms with Crippen molar-refractivity contribution in [1.82, 2.24) is 0 Å². The molecule has 0 aliphatic rings. The second-order valence-corrected chi connectivity index (χ2v) is 5.78. The SMILES string of the molecule is C[CH2][Al]([CH3])[O][SiH3]. The standard InChI is InChI=1S/C2H5.CH3.Al.H3OSi/c1-2;;;1-2/h1H2,2H3;1H3;;2H3/q;;+1;-1. The van der Waals surface area contributed by atoms with E-state index in [1.807, 2.05) is 0 Å². The normalized spacial score (nSPS) is 9.00. The minimum atomic E-state index is -0.599. The van der Waals surface area contributed by atoms with Crippen LogP contribution in [0.2, 0.25) is 11.1 Å². The van der Waals surface area contributed by atoms with Gasteiger partial charge in [0.1, 0.15) is 10.5 Å². The van der Waals surface area contributed by atoms with Crippen LogP contribution in [0.15, 0.2) is 0 Å². The van der Waals surface area contributed by atoms with Crippen molar-refractivity contribution in [3.63, 3.8) is 0 Å². The monoisotopic (exact) mass is 118 g/mol. The largest absolute Gasteiger partial charge is 0.552 e. The first kappa shape index (κ1) is 6.71. The molecule has 0 fully saturated rings. The van der Waals surface area contributed by atoms with E-state index < -0.39 is 14.5 Å². The molecule has 0 bridgehead atoms. The highest BCUT2D eigenvalue weighted by Gasteiger charge is 2.03. The van der Waals surface area contributed by atoms with Gasteiger partial charge < -0.3 is 3.48 Å². The van der Waals surface area contributed by atoms with Crippen molar-refractivity contribution in [1.29, 1.82) is 0 Å². The zero-order valence-electron chi connectivity index (χ0n) is 4.69. The van der Waals surface area contributed by atoms with Gasteiger partial charge in [-0.2, -0.15) is 0 Å². The van der Waals surface area contributed by atoms with Gasteiger partial charge in [0.2, 0.25) is 0 Å². The molecule has 0 heterocycles. The molecule has 0 saturated carbocycles. The molecule has 0 aliphatic carbocycles. The lowest BCUT2D eigenvalue weighted by atomic mass is 11.0. The molecule has 0 aromatic rings. The lowest BCUT2D eigenvalue weighted by molar-refractivity contribution is 0.638. The zero-order chi connectivity index (χ0) is 4.99. The van der Waals surface area contributed by atoms with Gasteiger partial charge in [0.15, 0.2) is 0 Å². The van der Waals surface area contributed by atoms with Crippen LogP contribution in [0.3, 0.4) is 0 Å². The molecule has 0 radical (unpaired) electrons. The maximum absolute atomic E-state index is 5.18. The average Bonchev–Trinajstić information content (AvgIpc) is 1.65. The van der Waals surface area contributed by atoms with Gasteiger partial charge in [-0.05, 0) is 0 Å². The summed E-state index contributed by atoms with van der Waals surface area (Å²) in [6.45, 7) is 2.19. The van der Waals surface area contributed by atoms with Gasteiger partial charge in [0, 0.05) is 0 Å². The quantitative estimate of drug-likeness (QED) is 0.461. The second-order valence-electron chi connectivity index (χ2n) is 1.45. The first-order valence-electron chi connectivity index (χ1n) is 2.34. The molecule has 0 aromatic heterocycles. The van der Waals surface area contributed by atoms with E-state index in [9.17, 15) is 0 Å². The Morgan fingerprint density at radius 1 is 1.83 bits per heavy atom. The van der Waals surface area contributed by atoms with E-state index in [0.717, 1.165) is 10.5 Å². The average molecular weight is 118 g/mol. The second kappa shape index (κ2) is 3.88. The molecule has 6 heavy (non-hydrogen) atoms. The summed E-state index contributed by atoms with van der Waals surface area (Å²) < 4.78 is 5.18. The van der Waals surface area contributed by atoms with Crippen molar-refractivity contribution in [3.05, 3.63) is 0 Å². The van der Waals surface area contributed by atoms with Crippen LogP contribution >= 0.6 is 0 Å². The molecule has 0 atom stereocenters. The van der Waals surface area contributed by atoms with Crippen LogP contribution < -0.4 is 0 Å². The van der Waals surface area contributed by atoms with E-state index in [0.29, 0.717) is 0 Å². The molecule has 0 aromatic carbocycles. The summed E-state index contributed by atoms with van der Waals surface area (Å²) >= 11 is -0.599. The Labute approximate surface area is 47.0 Å². The fourth-order valence-corrected chi connectivity index (χ4v) is 1.50. The van der Waals surface area contributed by atoms with Crippen LogP contribution in [0.5, 0.6) is 0 Å². The van der Waals surface area contributed by atoms with E-state index in [2.05, 4.69) is 12.7 Å². The third-order valence-corrected chi connectivity index (χ3v) is 5.35. The maximum atomic E-state index is 5.18. The number of hydrogen-bond donors (Lipinski definition) is 0. The summed E-state index contributed by atoms with van der Waals surface area (Å²) in [5.41, 5.74) is 0. The molecule has 0 saturated heterocycles. The molecule has 0 spiro atoms. The molecular weight excluding hydrogens is 107 g/mol. The van der Waals surface area contributed by atoms with Crippen molar-refractivity contribution < 1.29 is 3.48 Å². The lowest BCUT2D eigenvalue weighted by Gasteiger charge is -1.94. The van der Waals surface area contributed by atoms with Crippen molar-refractivity contribution in [2.24, 2.45) is 0 Å². The summed E-state index contributed by atoms with van der Waals surface area (Å²) in [7, 11) is 0.944. The first-order chi connectivity index (χ1) is 2.81. The van der Waals surface area contributed by atoms with Crippen molar-refractivity contribution in [3.8, 4) is 0 Å². The van der Waals surface area contributed by atoms with Crippen LogP contribution in [0, 0.1) is 0 Å². The van der Waals surface area contributed by atoms with Crippen LogP contribution in [-0.4, -0.2) is 25.0 Å². The predicted octanol–water partition coefficient (Wildman–Crippen LogP) is -0.0754. The van der Waals surface area contributed by atoms with Gasteiger partial charge >= 0.3 is 14.5 Å². The maximum Gasteiger partial charge on any atom is 0.445 e. The highest BCUT2D eigenvalue weighted by molar-refractivity contribution is 6.53. The topological polar surface area (TPSA) is 9.23 Å². The molecule has 1 nitrogen and oxygen atoms in total. The number of hydrogen-bond acceptors (Lipinski definition) is 1. The fraction of sp³-hybridized carbons (Fsp3) is 1.00. The van der Waals surface area contributed by atoms with Crippen molar-refractivity contribution in [2.75, 3.05) is 0 Å². The van der Waals surface area contributed by atoms with E-state index in [4.69, 9.17) is 3.48 Å². The van der Waals surface area contributed by atoms with Crippen LogP contribution in [0.25, 0.3) is 0 Å². The van der Waals surface area contributed by atoms with Crippen molar-refractivity contribution in [2.45, 2.75) is 18.0 Å². The number of rotatable bonds is 2. The Bertz CT molecular complexity index is 30.0. The van der Waals surface area contributed by atoms with Gasteiger partial charge in [-0.25, -0.2) is 0 Å². The van der Waals surface area contributed by atoms with Crippen molar-refractivity contribution >= 4 is 25.0 Å². The smallest absolute Gasteiger partial charge is 0.445 e. The van der Waals surface area contributed by atoms with Gasteiger partial charge in [-0.1, -0.05) is 18.0 Å². The summed E-state index contributed by atoms with van der Waals surface area (Å²) in [5.74, 6) is 2.23. The highest BCUT2D eigenvalue weighted by Crippen LogP contribution is 1.86. The summed E-state index contributed by atoms with van der Waals surface area (Å²) in [4.78, 5) is 0. The Morgan fingerprint density at radius 3 is 2.33 bits per heavy atom. The van der Waals surface area contributed by atoms with Crippen LogP contribution in [0.1, 0.15) is 6.92 Å². The molecule has 0 aliphatic heterocycles. The molecule has 0 rings (SSSR count). The molecule has 36 valence electrons. The molecule has 0 amide bonds. The highest BCUT2D eigenvalue weighted by atomic mass is 28.2. The Hall–Kier alpha value is 0.709. The van der Waals surface area contributed by atoms with Gasteiger partial charge in [-0.15, -0.1) is 0 Å². The summed E-state index contributed by atoms with van der Waals surface area (Å²) in [5, 5.41) is 1.28. The fourth-order valence-electron chi connectivity index (χ4n) is 0.167. The molecule has 3 heteroatoms. The minimum absolute atomic E-state index is 0.599. The predicted molar refractivity (Wildman–Crippen MR) is 33.1 cm³/mol. The van der Waals surface area contributed by atoms with Gasteiger partial charge in [0.05, 0.1) is 0 Å². The minimum Gasteiger partial charge on any atom is -0.552 e. The van der Waals surface area contributed by atoms with E-state index in [-0.39, 0.29) is 0 Å². The Balaban J connectivity index is 2.75. The third kappa shape index (κ3) is 2.92. The van der Waals surface area contributed by atoms with Crippen LogP contribution in [0.4, 0.5) is 0 Å². The van der Waals surface area contributed by atoms with E-state index in [1.165, 1.54) is 5.28 Å². The Kier molecular flexibility index (Phi) is 4.34. The Morgan fingerprint density at radius 2 is 2.33 bits per heavy atom. The van der Waals surface area contributed by atoms with E-state index in [1.54, 1.807) is 0 Å². The summed E-state index contributed by atoms with van der Waals surface area (Å²) in [6.07, 6.45) is 0. The zero-order valence-corrected chi connectivity index (χ0v) is 7.85. The van der Waals surface area contributed by atoms with Gasteiger partial charge in [0.25, 0.3) is 0 Å².